The number of nitrogens with one attached hydrogen (secondary N) is 2. The van der Waals surface area contributed by atoms with Crippen molar-refractivity contribution in [3.8, 4) is 5.69 Å². The number of nitrogens with zero attached hydrogens (tertiary/aromatic N) is 4. The lowest BCUT2D eigenvalue weighted by molar-refractivity contribution is 0.102. The number of para-hydroxylation sites is 1. The van der Waals surface area contributed by atoms with Gasteiger partial charge in [-0.05, 0) is 31.4 Å². The number of carbonyl (C=O) groups excluding carboxylic acids is 1. The Hall–Kier alpha value is -3.82. The Balaban J connectivity index is 1.63. The Morgan fingerprint density at radius 1 is 1.10 bits per heavy atom. The first kappa shape index (κ1) is 19.5. The molecule has 0 radical (unpaired) electrons. The van der Waals surface area contributed by atoms with Crippen molar-refractivity contribution in [2.24, 2.45) is 0 Å². The maximum atomic E-state index is 14.1. The lowest BCUT2D eigenvalue weighted by atomic mass is 10.1. The van der Waals surface area contributed by atoms with Gasteiger partial charge in [-0.1, -0.05) is 12.1 Å². The Kier molecular flexibility index (Phi) is 5.38. The molecule has 3 heterocycles. The van der Waals surface area contributed by atoms with Crippen LogP contribution in [0.4, 0.5) is 16.0 Å². The summed E-state index contributed by atoms with van der Waals surface area (Å²) in [5.41, 5.74) is -2.38. The molecule has 10 heteroatoms. The molecule has 1 aliphatic heterocycles. The van der Waals surface area contributed by atoms with E-state index >= 15 is 0 Å². The largest absolute Gasteiger partial charge is 0.356 e. The number of amides is 1. The minimum atomic E-state index is -0.938. The Bertz CT molecular complexity index is 1200. The normalized spacial score (nSPS) is 13.8. The van der Waals surface area contributed by atoms with E-state index in [2.05, 4.69) is 25.2 Å². The van der Waals surface area contributed by atoms with Crippen molar-refractivity contribution in [1.29, 1.82) is 0 Å². The fourth-order valence-electron chi connectivity index (χ4n) is 3.38. The van der Waals surface area contributed by atoms with E-state index in [0.717, 1.165) is 38.2 Å². The van der Waals surface area contributed by atoms with Crippen LogP contribution in [0.15, 0.2) is 52.4 Å². The second-order valence-corrected chi connectivity index (χ2v) is 6.86. The molecule has 0 atom stereocenters. The molecule has 0 unspecified atom stereocenters. The SMILES string of the molecule is O=C(Nc1cc(N2CCCCC2)ncn1)c1c[nH]c(=O)n(-c2ccccc2F)c1=O. The fourth-order valence-corrected chi connectivity index (χ4v) is 3.38. The first-order valence-electron chi connectivity index (χ1n) is 9.52. The minimum Gasteiger partial charge on any atom is -0.356 e. The number of aromatic amines is 1. The monoisotopic (exact) mass is 410 g/mol. The van der Waals surface area contributed by atoms with Crippen LogP contribution >= 0.6 is 0 Å². The van der Waals surface area contributed by atoms with Crippen molar-refractivity contribution in [3.63, 3.8) is 0 Å². The molecule has 154 valence electrons. The van der Waals surface area contributed by atoms with Crippen molar-refractivity contribution < 1.29 is 9.18 Å². The van der Waals surface area contributed by atoms with E-state index in [1.54, 1.807) is 6.07 Å². The molecule has 1 saturated heterocycles. The molecule has 1 aromatic carbocycles. The molecule has 1 fully saturated rings. The smallest absolute Gasteiger partial charge is 0.333 e. The molecule has 1 aliphatic rings. The number of halogens is 1. The summed E-state index contributed by atoms with van der Waals surface area (Å²) in [5.74, 6) is -0.627. The highest BCUT2D eigenvalue weighted by molar-refractivity contribution is 6.03. The summed E-state index contributed by atoms with van der Waals surface area (Å²) in [4.78, 5) is 50.3. The summed E-state index contributed by atoms with van der Waals surface area (Å²) in [7, 11) is 0. The van der Waals surface area contributed by atoms with Crippen LogP contribution in [0.3, 0.4) is 0 Å². The second-order valence-electron chi connectivity index (χ2n) is 6.86. The molecule has 0 saturated carbocycles. The number of anilines is 2. The molecular weight excluding hydrogens is 391 g/mol. The van der Waals surface area contributed by atoms with Crippen molar-refractivity contribution >= 4 is 17.5 Å². The van der Waals surface area contributed by atoms with Crippen LogP contribution < -0.4 is 21.5 Å². The van der Waals surface area contributed by atoms with Crippen LogP contribution in [0.2, 0.25) is 0 Å². The van der Waals surface area contributed by atoms with Gasteiger partial charge >= 0.3 is 5.69 Å². The van der Waals surface area contributed by atoms with Gasteiger partial charge in [0.05, 0.1) is 5.69 Å². The average Bonchev–Trinajstić information content (AvgIpc) is 2.76. The van der Waals surface area contributed by atoms with E-state index in [-0.39, 0.29) is 17.1 Å². The third-order valence-electron chi connectivity index (χ3n) is 4.89. The number of hydrogen-bond donors (Lipinski definition) is 2. The molecule has 2 aromatic heterocycles. The zero-order chi connectivity index (χ0) is 21.1. The lowest BCUT2D eigenvalue weighted by Gasteiger charge is -2.27. The summed E-state index contributed by atoms with van der Waals surface area (Å²) in [6, 6.07) is 6.95. The van der Waals surface area contributed by atoms with E-state index in [9.17, 15) is 18.8 Å². The predicted molar refractivity (Wildman–Crippen MR) is 109 cm³/mol. The van der Waals surface area contributed by atoms with Gasteiger partial charge in [0.25, 0.3) is 11.5 Å². The number of rotatable bonds is 4. The van der Waals surface area contributed by atoms with Crippen LogP contribution in [0, 0.1) is 5.82 Å². The van der Waals surface area contributed by atoms with E-state index in [4.69, 9.17) is 0 Å². The Labute approximate surface area is 170 Å². The van der Waals surface area contributed by atoms with Crippen molar-refractivity contribution in [2.75, 3.05) is 23.3 Å². The summed E-state index contributed by atoms with van der Waals surface area (Å²) in [6.07, 6.45) is 5.65. The first-order valence-corrected chi connectivity index (χ1v) is 9.52. The van der Waals surface area contributed by atoms with Crippen molar-refractivity contribution in [3.05, 3.63) is 75.1 Å². The highest BCUT2D eigenvalue weighted by Crippen LogP contribution is 2.19. The molecular formula is C20H19FN6O3. The van der Waals surface area contributed by atoms with Gasteiger partial charge in [-0.2, -0.15) is 0 Å². The molecule has 4 rings (SSSR count). The van der Waals surface area contributed by atoms with Crippen LogP contribution in [0.1, 0.15) is 29.6 Å². The van der Waals surface area contributed by atoms with Crippen molar-refractivity contribution in [1.82, 2.24) is 19.5 Å². The molecule has 2 N–H and O–H groups in total. The van der Waals surface area contributed by atoms with Gasteiger partial charge in [-0.15, -0.1) is 0 Å². The molecule has 1 amide bonds. The first-order chi connectivity index (χ1) is 14.5. The third-order valence-corrected chi connectivity index (χ3v) is 4.89. The minimum absolute atomic E-state index is 0.221. The topological polar surface area (TPSA) is 113 Å². The summed E-state index contributed by atoms with van der Waals surface area (Å²) < 4.78 is 14.7. The lowest BCUT2D eigenvalue weighted by Crippen LogP contribution is -2.38. The van der Waals surface area contributed by atoms with E-state index in [1.807, 2.05) is 0 Å². The van der Waals surface area contributed by atoms with Crippen molar-refractivity contribution in [2.45, 2.75) is 19.3 Å². The number of piperidine rings is 1. The highest BCUT2D eigenvalue weighted by atomic mass is 19.1. The van der Waals surface area contributed by atoms with Gasteiger partial charge in [0.2, 0.25) is 0 Å². The zero-order valence-electron chi connectivity index (χ0n) is 16.0. The Morgan fingerprint density at radius 2 is 1.87 bits per heavy atom. The van der Waals surface area contributed by atoms with Crippen LogP contribution in [0.25, 0.3) is 5.69 Å². The van der Waals surface area contributed by atoms with Gasteiger partial charge in [-0.3, -0.25) is 9.59 Å². The number of hydrogen-bond acceptors (Lipinski definition) is 6. The number of carbonyl (C=O) groups is 1. The quantitative estimate of drug-likeness (QED) is 0.677. The number of benzene rings is 1. The summed E-state index contributed by atoms with van der Waals surface area (Å²) in [5, 5.41) is 2.55. The second kappa shape index (κ2) is 8.27. The summed E-state index contributed by atoms with van der Waals surface area (Å²) >= 11 is 0. The third kappa shape index (κ3) is 3.84. The van der Waals surface area contributed by atoms with Gasteiger partial charge in [0, 0.05) is 25.4 Å². The average molecular weight is 410 g/mol. The van der Waals surface area contributed by atoms with Gasteiger partial charge in [-0.25, -0.2) is 23.7 Å². The maximum Gasteiger partial charge on any atom is 0.333 e. The predicted octanol–water partition coefficient (Wildman–Crippen LogP) is 1.70. The molecule has 0 spiro atoms. The molecule has 3 aromatic rings. The van der Waals surface area contributed by atoms with Gasteiger partial charge in [0.1, 0.15) is 29.3 Å². The maximum absolute atomic E-state index is 14.1. The highest BCUT2D eigenvalue weighted by Gasteiger charge is 2.19. The fraction of sp³-hybridized carbons (Fsp3) is 0.250. The van der Waals surface area contributed by atoms with Crippen LogP contribution in [-0.2, 0) is 0 Å². The molecule has 0 aliphatic carbocycles. The molecule has 9 nitrogen and oxygen atoms in total. The van der Waals surface area contributed by atoms with Gasteiger partial charge in [0.15, 0.2) is 0 Å². The van der Waals surface area contributed by atoms with E-state index in [1.165, 1.54) is 30.9 Å². The summed E-state index contributed by atoms with van der Waals surface area (Å²) in [6.45, 7) is 1.75. The molecule has 0 bridgehead atoms. The number of aromatic nitrogens is 4. The van der Waals surface area contributed by atoms with Gasteiger partial charge < -0.3 is 15.2 Å². The Morgan fingerprint density at radius 3 is 2.63 bits per heavy atom. The zero-order valence-corrected chi connectivity index (χ0v) is 16.0. The van der Waals surface area contributed by atoms with E-state index < -0.39 is 23.0 Å². The number of H-pyrrole nitrogens is 1. The standard InChI is InChI=1S/C20H19FN6O3/c21-14-6-2-3-7-15(14)27-19(29)13(11-22-20(27)30)18(28)25-16-10-17(24-12-23-16)26-8-4-1-5-9-26/h2-3,6-7,10-12H,1,4-5,8-9H2,(H,22,30)(H,23,24,25,28). The van der Waals surface area contributed by atoms with E-state index in [0.29, 0.717) is 10.4 Å². The molecule has 30 heavy (non-hydrogen) atoms. The van der Waals surface area contributed by atoms with Crippen LogP contribution in [0.5, 0.6) is 0 Å². The van der Waals surface area contributed by atoms with Crippen LogP contribution in [-0.4, -0.2) is 38.5 Å².